The third-order valence-electron chi connectivity index (χ3n) is 6.84. The Balaban J connectivity index is 3.93. The normalized spacial score (nSPS) is 14.3. The molecule has 7 heteroatoms. The Kier molecular flexibility index (Phi) is 28.6. The molecule has 0 saturated carbocycles. The lowest BCUT2D eigenvalue weighted by molar-refractivity contribution is -0.161. The maximum absolute atomic E-state index is 12.1. The van der Waals surface area contributed by atoms with Gasteiger partial charge in [-0.1, -0.05) is 114 Å². The molecule has 0 aromatic rings. The molecular formula is C35H60O7. The largest absolute Gasteiger partial charge is 0.462 e. The molecule has 0 fully saturated rings. The van der Waals surface area contributed by atoms with Crippen molar-refractivity contribution in [3.63, 3.8) is 0 Å². The zero-order chi connectivity index (χ0) is 31.1. The molecule has 0 unspecified atom stereocenters. The summed E-state index contributed by atoms with van der Waals surface area (Å²) in [5, 5.41) is 29.8. The number of esters is 2. The van der Waals surface area contributed by atoms with E-state index in [1.807, 2.05) is 12.2 Å². The van der Waals surface area contributed by atoms with Gasteiger partial charge in [0.25, 0.3) is 0 Å². The molecule has 0 heterocycles. The minimum absolute atomic E-state index is 0.0383. The average molecular weight is 593 g/mol. The van der Waals surface area contributed by atoms with Crippen LogP contribution in [0.25, 0.3) is 0 Å². The Hall–Kier alpha value is -2.22. The third-order valence-corrected chi connectivity index (χ3v) is 6.84. The number of hydrogen-bond acceptors (Lipinski definition) is 7. The Labute approximate surface area is 255 Å². The van der Waals surface area contributed by atoms with E-state index in [2.05, 4.69) is 50.3 Å². The maximum atomic E-state index is 12.1. The van der Waals surface area contributed by atoms with Gasteiger partial charge >= 0.3 is 11.9 Å². The lowest BCUT2D eigenvalue weighted by atomic mass is 10.0. The van der Waals surface area contributed by atoms with E-state index >= 15 is 0 Å². The molecule has 242 valence electrons. The molecule has 0 saturated heterocycles. The molecule has 0 aromatic heterocycles. The average Bonchev–Trinajstić information content (AvgIpc) is 2.98. The molecule has 0 amide bonds. The predicted molar refractivity (Wildman–Crippen MR) is 171 cm³/mol. The summed E-state index contributed by atoms with van der Waals surface area (Å²) in [6.45, 7) is 3.72. The highest BCUT2D eigenvalue weighted by Gasteiger charge is 2.18. The van der Waals surface area contributed by atoms with Crippen molar-refractivity contribution in [2.24, 2.45) is 0 Å². The summed E-state index contributed by atoms with van der Waals surface area (Å²) in [5.41, 5.74) is 0. The van der Waals surface area contributed by atoms with Gasteiger partial charge < -0.3 is 24.8 Å². The van der Waals surface area contributed by atoms with E-state index < -0.39 is 30.9 Å². The van der Waals surface area contributed by atoms with Gasteiger partial charge in [-0.3, -0.25) is 9.59 Å². The monoisotopic (exact) mass is 592 g/mol. The van der Waals surface area contributed by atoms with Gasteiger partial charge in [0.15, 0.2) is 6.10 Å². The fraction of sp³-hybridized carbons (Fsp3) is 0.714. The molecule has 0 spiro atoms. The lowest BCUT2D eigenvalue weighted by Crippen LogP contribution is -2.29. The van der Waals surface area contributed by atoms with Crippen LogP contribution in [0.5, 0.6) is 0 Å². The summed E-state index contributed by atoms with van der Waals surface area (Å²) in [5.74, 6) is -0.887. The van der Waals surface area contributed by atoms with Crippen molar-refractivity contribution < 1.29 is 34.4 Å². The molecule has 3 N–H and O–H groups in total. The van der Waals surface area contributed by atoms with Crippen LogP contribution in [0, 0.1) is 0 Å². The number of aliphatic hydroxyl groups excluding tert-OH is 3. The van der Waals surface area contributed by atoms with Crippen molar-refractivity contribution in [1.82, 2.24) is 0 Å². The molecule has 7 nitrogen and oxygen atoms in total. The highest BCUT2D eigenvalue weighted by Crippen LogP contribution is 2.12. The minimum atomic E-state index is -0.944. The summed E-state index contributed by atoms with van der Waals surface area (Å²) in [6.07, 6.45) is 29.2. The maximum Gasteiger partial charge on any atom is 0.306 e. The van der Waals surface area contributed by atoms with Crippen molar-refractivity contribution in [3.8, 4) is 0 Å². The van der Waals surface area contributed by atoms with Gasteiger partial charge in [0, 0.05) is 12.8 Å². The Morgan fingerprint density at radius 2 is 1.17 bits per heavy atom. The quantitative estimate of drug-likeness (QED) is 0.0491. The first-order valence-electron chi connectivity index (χ1n) is 16.4. The zero-order valence-electron chi connectivity index (χ0n) is 26.5. The van der Waals surface area contributed by atoms with E-state index in [1.165, 1.54) is 38.5 Å². The first kappa shape index (κ1) is 39.8. The van der Waals surface area contributed by atoms with Crippen LogP contribution in [0.15, 0.2) is 48.6 Å². The number of aliphatic hydroxyl groups is 3. The van der Waals surface area contributed by atoms with E-state index in [0.29, 0.717) is 19.3 Å². The molecule has 0 bridgehead atoms. The van der Waals surface area contributed by atoms with E-state index in [0.717, 1.165) is 44.9 Å². The number of carbonyl (C=O) groups excluding carboxylic acids is 2. The fourth-order valence-corrected chi connectivity index (χ4v) is 4.23. The van der Waals surface area contributed by atoms with Crippen molar-refractivity contribution in [2.75, 3.05) is 13.2 Å². The van der Waals surface area contributed by atoms with Crippen LogP contribution in [0.2, 0.25) is 0 Å². The molecule has 3 atom stereocenters. The highest BCUT2D eigenvalue weighted by molar-refractivity contribution is 5.70. The van der Waals surface area contributed by atoms with Gasteiger partial charge in [-0.2, -0.15) is 0 Å². The van der Waals surface area contributed by atoms with Gasteiger partial charge in [-0.05, 0) is 51.4 Å². The van der Waals surface area contributed by atoms with Gasteiger partial charge in [0.1, 0.15) is 6.61 Å². The number of rotatable bonds is 28. The summed E-state index contributed by atoms with van der Waals surface area (Å²) in [4.78, 5) is 24.1. The predicted octanol–water partition coefficient (Wildman–Crippen LogP) is 7.44. The van der Waals surface area contributed by atoms with Crippen molar-refractivity contribution in [3.05, 3.63) is 48.6 Å². The van der Waals surface area contributed by atoms with E-state index in [1.54, 1.807) is 0 Å². The molecular weight excluding hydrogens is 532 g/mol. The Bertz CT molecular complexity index is 756. The summed E-state index contributed by atoms with van der Waals surface area (Å²) < 4.78 is 10.4. The highest BCUT2D eigenvalue weighted by atomic mass is 16.6. The summed E-state index contributed by atoms with van der Waals surface area (Å²) in [6, 6.07) is 0. The summed E-state index contributed by atoms with van der Waals surface area (Å²) in [7, 11) is 0. The van der Waals surface area contributed by atoms with Crippen molar-refractivity contribution >= 4 is 11.9 Å². The number of hydrogen-bond donors (Lipinski definition) is 3. The van der Waals surface area contributed by atoms with Crippen LogP contribution in [0.3, 0.4) is 0 Å². The molecule has 0 aliphatic rings. The van der Waals surface area contributed by atoms with Crippen LogP contribution in [-0.2, 0) is 19.1 Å². The topological polar surface area (TPSA) is 113 Å². The number of ether oxygens (including phenoxy) is 2. The van der Waals surface area contributed by atoms with Crippen molar-refractivity contribution in [2.45, 2.75) is 148 Å². The zero-order valence-corrected chi connectivity index (χ0v) is 26.5. The first-order chi connectivity index (χ1) is 20.4. The standard InChI is InChI=1S/C35H60O7/c1-3-5-7-9-11-13-14-15-17-18-20-22-25-32(37)33(38)26-24-28-35(40)42-31(29-36)30-41-34(39)27-23-21-19-16-12-10-8-6-4-2/h5,7,11,13,15,17,20,22,31-33,36-38H,3-4,6,8-10,12,14,16,18-19,21,23-30H2,1-2H3/b7-5-,13-11-,17-15-,22-20-/t31-,32+,33+/m0/s1. The van der Waals surface area contributed by atoms with Gasteiger partial charge in [0.05, 0.1) is 18.8 Å². The fourth-order valence-electron chi connectivity index (χ4n) is 4.23. The number of carbonyl (C=O) groups is 2. The van der Waals surface area contributed by atoms with E-state index in [9.17, 15) is 24.9 Å². The minimum Gasteiger partial charge on any atom is -0.462 e. The Morgan fingerprint density at radius 1 is 0.643 bits per heavy atom. The van der Waals surface area contributed by atoms with Gasteiger partial charge in [-0.25, -0.2) is 0 Å². The number of allylic oxidation sites excluding steroid dienone is 7. The second-order valence-corrected chi connectivity index (χ2v) is 10.8. The van der Waals surface area contributed by atoms with E-state index in [-0.39, 0.29) is 25.4 Å². The second-order valence-electron chi connectivity index (χ2n) is 10.8. The number of unbranched alkanes of at least 4 members (excludes halogenated alkanes) is 8. The molecule has 0 aliphatic carbocycles. The lowest BCUT2D eigenvalue weighted by Gasteiger charge is -2.17. The molecule has 0 aromatic carbocycles. The summed E-state index contributed by atoms with van der Waals surface area (Å²) >= 11 is 0. The molecule has 42 heavy (non-hydrogen) atoms. The molecule has 0 aliphatic heterocycles. The van der Waals surface area contributed by atoms with Crippen LogP contribution < -0.4 is 0 Å². The smallest absolute Gasteiger partial charge is 0.306 e. The Morgan fingerprint density at radius 3 is 1.74 bits per heavy atom. The van der Waals surface area contributed by atoms with Crippen LogP contribution in [-0.4, -0.2) is 58.8 Å². The SMILES string of the molecule is CC/C=C\C/C=C\C/C=C\C/C=C\C[C@@H](O)[C@H](O)CCCC(=O)O[C@@H](CO)COC(=O)CCCCCCCCCCC. The van der Waals surface area contributed by atoms with Gasteiger partial charge in [-0.15, -0.1) is 0 Å². The van der Waals surface area contributed by atoms with Crippen LogP contribution in [0.1, 0.15) is 129 Å². The van der Waals surface area contributed by atoms with E-state index in [4.69, 9.17) is 9.47 Å². The molecule has 0 radical (unpaired) electrons. The van der Waals surface area contributed by atoms with Crippen molar-refractivity contribution in [1.29, 1.82) is 0 Å². The van der Waals surface area contributed by atoms with Crippen LogP contribution in [0.4, 0.5) is 0 Å². The third kappa shape index (κ3) is 26.7. The first-order valence-corrected chi connectivity index (χ1v) is 16.4. The second kappa shape index (κ2) is 30.2. The van der Waals surface area contributed by atoms with Crippen LogP contribution >= 0.6 is 0 Å². The molecule has 0 rings (SSSR count). The van der Waals surface area contributed by atoms with Gasteiger partial charge in [0.2, 0.25) is 0 Å².